The van der Waals surface area contributed by atoms with Crippen LogP contribution in [0.15, 0.2) is 0 Å². The van der Waals surface area contributed by atoms with E-state index in [1.807, 2.05) is 0 Å². The highest BCUT2D eigenvalue weighted by Gasteiger charge is 1.89. The third-order valence-electron chi connectivity index (χ3n) is 0.399. The Morgan fingerprint density at radius 3 is 2.57 bits per heavy atom. The maximum atomic E-state index is 5.43. The van der Waals surface area contributed by atoms with Gasteiger partial charge in [-0.15, -0.1) is 0 Å². The predicted octanol–water partition coefficient (Wildman–Crippen LogP) is 2.59. The Labute approximate surface area is 58.1 Å². The highest BCUT2D eigenvalue weighted by atomic mass is 35.5. The Morgan fingerprint density at radius 1 is 1.71 bits per heavy atom. The zero-order valence-corrected chi connectivity index (χ0v) is 6.26. The van der Waals surface area contributed by atoms with Crippen molar-refractivity contribution in [3.05, 3.63) is 8.98 Å². The second-order valence-electron chi connectivity index (χ2n) is 0.827. The van der Waals surface area contributed by atoms with Crippen molar-refractivity contribution in [2.45, 2.75) is 0 Å². The van der Waals surface area contributed by atoms with Gasteiger partial charge in [0.1, 0.15) is 3.82 Å². The average Bonchev–Trinajstić information content (AvgIpc) is 1.91. The zero-order chi connectivity index (χ0) is 5.28. The van der Waals surface area contributed by atoms with E-state index < -0.39 is 0 Å². The van der Waals surface area contributed by atoms with E-state index in [1.165, 1.54) is 20.9 Å². The molecule has 0 radical (unpaired) electrons. The molecule has 7 heavy (non-hydrogen) atoms. The molecule has 0 aliphatic heterocycles. The number of hydrogen-bond donors (Lipinski definition) is 0. The van der Waals surface area contributed by atoms with Crippen LogP contribution >= 0.6 is 44.7 Å². The summed E-state index contributed by atoms with van der Waals surface area (Å²) in [5.74, 6) is 0. The molecule has 0 fully saturated rings. The Morgan fingerprint density at radius 2 is 2.43 bits per heavy atom. The van der Waals surface area contributed by atoms with Crippen LogP contribution < -0.4 is 0 Å². The van der Waals surface area contributed by atoms with Crippen molar-refractivity contribution in [2.24, 2.45) is 0 Å². The van der Waals surface area contributed by atoms with Crippen LogP contribution in [0.3, 0.4) is 0 Å². The molecule has 1 aromatic heterocycles. The molecule has 0 atom stereocenters. The molecule has 0 aromatic carbocycles. The number of hydrogen-bond acceptors (Lipinski definition) is 4. The van der Waals surface area contributed by atoms with Crippen molar-refractivity contribution in [2.75, 3.05) is 0 Å². The van der Waals surface area contributed by atoms with E-state index in [4.69, 9.17) is 23.8 Å². The van der Waals surface area contributed by atoms with E-state index in [0.29, 0.717) is 8.98 Å². The Hall–Kier alpha value is 0.490. The summed E-state index contributed by atoms with van der Waals surface area (Å²) in [7, 11) is 2.74. The van der Waals surface area contributed by atoms with Crippen LogP contribution in [-0.2, 0) is 0 Å². The van der Waals surface area contributed by atoms with E-state index in [-0.39, 0.29) is 0 Å². The zero-order valence-electron chi connectivity index (χ0n) is 3.05. The first kappa shape index (κ1) is 5.62. The van der Waals surface area contributed by atoms with Gasteiger partial charge in [-0.1, -0.05) is 23.8 Å². The van der Waals surface area contributed by atoms with Crippen molar-refractivity contribution in [1.82, 2.24) is 4.37 Å². The van der Waals surface area contributed by atoms with Gasteiger partial charge in [-0.3, -0.25) is 0 Å². The molecule has 0 N–H and O–H groups in total. The maximum Gasteiger partial charge on any atom is 0.171 e. The second kappa shape index (κ2) is 2.17. The summed E-state index contributed by atoms with van der Waals surface area (Å²) in [6, 6.07) is 0. The second-order valence-corrected chi connectivity index (χ2v) is 3.71. The summed E-state index contributed by atoms with van der Waals surface area (Å²) in [5, 5.41) is 0.463. The lowest BCUT2D eigenvalue weighted by Gasteiger charge is -1.61. The Bertz CT molecular complexity index is 201. The van der Waals surface area contributed by atoms with Crippen LogP contribution in [0.2, 0.25) is 5.15 Å². The van der Waals surface area contributed by atoms with Crippen LogP contribution in [0, 0.1) is 3.82 Å². The molecule has 0 aliphatic rings. The van der Waals surface area contributed by atoms with Gasteiger partial charge in [0.25, 0.3) is 0 Å². The van der Waals surface area contributed by atoms with E-state index in [0.717, 1.165) is 0 Å². The van der Waals surface area contributed by atoms with E-state index in [1.54, 1.807) is 0 Å². The van der Waals surface area contributed by atoms with Crippen molar-refractivity contribution < 1.29 is 0 Å². The van der Waals surface area contributed by atoms with Gasteiger partial charge in [0.05, 0.1) is 0 Å². The molecule has 0 amide bonds. The molecule has 1 nitrogen and oxygen atoms in total. The fourth-order valence-corrected chi connectivity index (χ4v) is 2.22. The average molecular weight is 170 g/mol. The van der Waals surface area contributed by atoms with E-state index in [2.05, 4.69) is 4.37 Å². The third kappa shape index (κ3) is 1.19. The molecule has 1 heterocycles. The summed E-state index contributed by atoms with van der Waals surface area (Å²) in [4.78, 5) is 0. The van der Waals surface area contributed by atoms with Crippen molar-refractivity contribution >= 4 is 44.7 Å². The minimum absolute atomic E-state index is 0.463. The predicted molar refractivity (Wildman–Crippen MR) is 35.8 cm³/mol. The Balaban J connectivity index is 3.39. The molecule has 1 rings (SSSR count). The molecule has 0 bridgehead atoms. The van der Waals surface area contributed by atoms with Crippen LogP contribution in [0.5, 0.6) is 0 Å². The smallest absolute Gasteiger partial charge is 0.168 e. The van der Waals surface area contributed by atoms with Crippen molar-refractivity contribution in [1.29, 1.82) is 0 Å². The molecular weight excluding hydrogens is 170 g/mol. The van der Waals surface area contributed by atoms with Gasteiger partial charge in [0, 0.05) is 10.5 Å². The van der Waals surface area contributed by atoms with Crippen LogP contribution in [0.1, 0.15) is 0 Å². The van der Waals surface area contributed by atoms with Gasteiger partial charge in [-0.05, 0) is 10.3 Å². The molecular formula is C2ClNS3. The molecule has 0 spiro atoms. The van der Waals surface area contributed by atoms with Gasteiger partial charge in [-0.2, -0.15) is 4.37 Å². The highest BCUT2D eigenvalue weighted by molar-refractivity contribution is 7.78. The minimum Gasteiger partial charge on any atom is -0.168 e. The van der Waals surface area contributed by atoms with Gasteiger partial charge < -0.3 is 0 Å². The van der Waals surface area contributed by atoms with Gasteiger partial charge in [-0.25, -0.2) is 0 Å². The lowest BCUT2D eigenvalue weighted by Crippen LogP contribution is -1.50. The van der Waals surface area contributed by atoms with Crippen molar-refractivity contribution in [3.63, 3.8) is 0 Å². The quantitative estimate of drug-likeness (QED) is 0.438. The number of rotatable bonds is 0. The maximum absolute atomic E-state index is 5.43. The molecule has 1 aromatic rings. The van der Waals surface area contributed by atoms with Crippen molar-refractivity contribution in [3.8, 4) is 0 Å². The third-order valence-corrected chi connectivity index (χ3v) is 3.38. The first-order valence-corrected chi connectivity index (χ1v) is 4.31. The van der Waals surface area contributed by atoms with Gasteiger partial charge in [0.15, 0.2) is 5.15 Å². The van der Waals surface area contributed by atoms with Crippen LogP contribution in [0.25, 0.3) is 0 Å². The minimum atomic E-state index is 0.463. The largest absolute Gasteiger partial charge is 0.171 e. The normalized spacial score (nSPS) is 9.29. The molecule has 0 saturated carbocycles. The lowest BCUT2D eigenvalue weighted by atomic mass is 11.0. The molecule has 5 heteroatoms. The highest BCUT2D eigenvalue weighted by Crippen LogP contribution is 2.15. The molecule has 0 saturated heterocycles. The number of aromatic nitrogens is 1. The topological polar surface area (TPSA) is 12.9 Å². The lowest BCUT2D eigenvalue weighted by molar-refractivity contribution is 1.57. The molecule has 0 aliphatic carbocycles. The standard InChI is InChI=1S/C2ClNS3/c3-1-2(5)6-7-4-1. The summed E-state index contributed by atoms with van der Waals surface area (Å²) < 4.78 is 4.42. The summed E-state index contributed by atoms with van der Waals surface area (Å²) in [5.41, 5.74) is 0. The number of nitrogens with zero attached hydrogens (tertiary/aromatic N) is 1. The van der Waals surface area contributed by atoms with E-state index >= 15 is 0 Å². The monoisotopic (exact) mass is 169 g/mol. The van der Waals surface area contributed by atoms with E-state index in [9.17, 15) is 0 Å². The first-order chi connectivity index (χ1) is 3.30. The fraction of sp³-hybridized carbons (Fsp3) is 0. The fourth-order valence-electron chi connectivity index (χ4n) is 0.157. The molecule has 0 unspecified atom stereocenters. The van der Waals surface area contributed by atoms with Crippen LogP contribution in [0.4, 0.5) is 0 Å². The number of halogens is 1. The SMILES string of the molecule is S=c1ssnc1Cl. The first-order valence-electron chi connectivity index (χ1n) is 1.42. The molecule has 38 valence electrons. The van der Waals surface area contributed by atoms with Crippen LogP contribution in [-0.4, -0.2) is 4.37 Å². The summed E-state index contributed by atoms with van der Waals surface area (Å²) in [6.07, 6.45) is 0. The van der Waals surface area contributed by atoms with Gasteiger partial charge in [0.2, 0.25) is 0 Å². The summed E-state index contributed by atoms with van der Waals surface area (Å²) in [6.45, 7) is 0. The Kier molecular flexibility index (Phi) is 1.74. The summed E-state index contributed by atoms with van der Waals surface area (Å²) >= 11 is 10.2. The van der Waals surface area contributed by atoms with Gasteiger partial charge >= 0.3 is 0 Å².